The molecule has 1 heterocycles. The lowest BCUT2D eigenvalue weighted by atomic mass is 10.2. The molecule has 1 aromatic heterocycles. The Bertz CT molecular complexity index is 570. The van der Waals surface area contributed by atoms with Gasteiger partial charge in [0.15, 0.2) is 0 Å². The molecule has 0 saturated carbocycles. The van der Waals surface area contributed by atoms with E-state index in [0.29, 0.717) is 10.7 Å². The molecule has 7 nitrogen and oxygen atoms in total. The quantitative estimate of drug-likeness (QED) is 0.466. The van der Waals surface area contributed by atoms with Crippen molar-refractivity contribution in [3.05, 3.63) is 21.7 Å². The van der Waals surface area contributed by atoms with Gasteiger partial charge in [-0.2, -0.15) is 4.98 Å². The summed E-state index contributed by atoms with van der Waals surface area (Å²) >= 11 is 1.19. The number of rotatable bonds is 5. The molecule has 0 fully saturated rings. The van der Waals surface area contributed by atoms with Gasteiger partial charge in [0.2, 0.25) is 0 Å². The second kappa shape index (κ2) is 7.09. The molecule has 1 rings (SSSR count). The predicted octanol–water partition coefficient (Wildman–Crippen LogP) is 0.482. The molecule has 0 spiro atoms. The highest BCUT2D eigenvalue weighted by Gasteiger charge is 2.22. The maximum atomic E-state index is 12.2. The van der Waals surface area contributed by atoms with Crippen LogP contribution in [0.1, 0.15) is 29.9 Å². The number of aromatic nitrogens is 2. The van der Waals surface area contributed by atoms with Crippen LogP contribution < -0.4 is 11.0 Å². The Hall–Kier alpha value is -1.83. The largest absolute Gasteiger partial charge is 0.464 e. The van der Waals surface area contributed by atoms with E-state index in [0.717, 1.165) is 0 Å². The summed E-state index contributed by atoms with van der Waals surface area (Å²) in [7, 11) is 0. The number of H-pyrrole nitrogens is 1. The van der Waals surface area contributed by atoms with Gasteiger partial charge in [-0.15, -0.1) is 11.8 Å². The van der Waals surface area contributed by atoms with Gasteiger partial charge in [-0.3, -0.25) is 4.79 Å². The lowest BCUT2D eigenvalue weighted by Gasteiger charge is -2.14. The number of carbonyl (C=O) groups excluding carboxylic acids is 2. The summed E-state index contributed by atoms with van der Waals surface area (Å²) in [5, 5.41) is 2.85. The Labute approximate surface area is 120 Å². The van der Waals surface area contributed by atoms with Gasteiger partial charge in [0.05, 0.1) is 12.2 Å². The van der Waals surface area contributed by atoms with E-state index in [9.17, 15) is 14.4 Å². The van der Waals surface area contributed by atoms with Crippen LogP contribution in [0, 0.1) is 6.92 Å². The first-order chi connectivity index (χ1) is 9.40. The molecule has 8 heteroatoms. The second-order valence-electron chi connectivity index (χ2n) is 4.00. The number of aromatic amines is 1. The third kappa shape index (κ3) is 3.83. The number of aryl methyl sites for hydroxylation is 1. The highest BCUT2D eigenvalue weighted by atomic mass is 32.2. The minimum Gasteiger partial charge on any atom is -0.464 e. The summed E-state index contributed by atoms with van der Waals surface area (Å²) in [5.41, 5.74) is 0.151. The fourth-order valence-corrected chi connectivity index (χ4v) is 2.19. The van der Waals surface area contributed by atoms with E-state index >= 15 is 0 Å². The van der Waals surface area contributed by atoms with Crippen molar-refractivity contribution in [3.8, 4) is 0 Å². The Kier molecular flexibility index (Phi) is 5.75. The predicted molar refractivity (Wildman–Crippen MR) is 74.9 cm³/mol. The Morgan fingerprint density at radius 2 is 2.15 bits per heavy atom. The third-order valence-electron chi connectivity index (χ3n) is 2.49. The van der Waals surface area contributed by atoms with Crippen LogP contribution in [0.15, 0.2) is 9.82 Å². The first-order valence-corrected chi connectivity index (χ1v) is 7.25. The number of esters is 1. The first-order valence-electron chi connectivity index (χ1n) is 6.03. The summed E-state index contributed by atoms with van der Waals surface area (Å²) in [6.07, 6.45) is 1.72. The topological polar surface area (TPSA) is 101 Å². The van der Waals surface area contributed by atoms with Gasteiger partial charge in [0.25, 0.3) is 5.91 Å². The molecule has 0 radical (unpaired) electrons. The van der Waals surface area contributed by atoms with Crippen LogP contribution in [0.4, 0.5) is 0 Å². The van der Waals surface area contributed by atoms with Gasteiger partial charge in [0.1, 0.15) is 11.1 Å². The van der Waals surface area contributed by atoms with E-state index in [1.165, 1.54) is 18.7 Å². The average molecular weight is 299 g/mol. The Morgan fingerprint density at radius 1 is 1.50 bits per heavy atom. The highest BCUT2D eigenvalue weighted by molar-refractivity contribution is 7.98. The van der Waals surface area contributed by atoms with Gasteiger partial charge in [-0.05, 0) is 27.0 Å². The molecule has 2 N–H and O–H groups in total. The lowest BCUT2D eigenvalue weighted by molar-refractivity contribution is -0.144. The molecule has 0 aliphatic rings. The Morgan fingerprint density at radius 3 is 2.70 bits per heavy atom. The third-order valence-corrected chi connectivity index (χ3v) is 3.18. The van der Waals surface area contributed by atoms with E-state index in [1.54, 1.807) is 20.1 Å². The molecule has 0 bridgehead atoms. The van der Waals surface area contributed by atoms with E-state index < -0.39 is 23.6 Å². The number of hydrogen-bond donors (Lipinski definition) is 2. The first kappa shape index (κ1) is 16.2. The van der Waals surface area contributed by atoms with Gasteiger partial charge < -0.3 is 15.0 Å². The van der Waals surface area contributed by atoms with Crippen LogP contribution in [-0.2, 0) is 9.53 Å². The molecule has 1 unspecified atom stereocenters. The molecule has 0 aromatic carbocycles. The molecule has 1 aromatic rings. The number of nitrogens with one attached hydrogen (secondary N) is 2. The van der Waals surface area contributed by atoms with Gasteiger partial charge in [0, 0.05) is 5.69 Å². The summed E-state index contributed by atoms with van der Waals surface area (Å²) in [6.45, 7) is 5.07. The SMILES string of the molecule is CCOC(=O)C(C)NC(=O)c1c(SC)nc(=O)[nH]c1C. The molecular formula is C12H17N3O4S. The van der Waals surface area contributed by atoms with E-state index in [-0.39, 0.29) is 12.2 Å². The fraction of sp³-hybridized carbons (Fsp3) is 0.500. The molecular weight excluding hydrogens is 282 g/mol. The number of nitrogens with zero attached hydrogens (tertiary/aromatic N) is 1. The second-order valence-corrected chi connectivity index (χ2v) is 4.79. The number of thioether (sulfide) groups is 1. The molecule has 1 atom stereocenters. The summed E-state index contributed by atoms with van der Waals surface area (Å²) in [6, 6.07) is -0.775. The molecule has 20 heavy (non-hydrogen) atoms. The van der Waals surface area contributed by atoms with Crippen molar-refractivity contribution in [1.29, 1.82) is 0 Å². The summed E-state index contributed by atoms with van der Waals surface area (Å²) in [5.74, 6) is -0.988. The van der Waals surface area contributed by atoms with Crippen molar-refractivity contribution in [2.75, 3.05) is 12.9 Å². The highest BCUT2D eigenvalue weighted by Crippen LogP contribution is 2.17. The van der Waals surface area contributed by atoms with Crippen molar-refractivity contribution in [2.24, 2.45) is 0 Å². The van der Waals surface area contributed by atoms with Crippen LogP contribution in [0.25, 0.3) is 0 Å². The fourth-order valence-electron chi connectivity index (χ4n) is 1.57. The van der Waals surface area contributed by atoms with Gasteiger partial charge in [-0.25, -0.2) is 9.59 Å². The smallest absolute Gasteiger partial charge is 0.346 e. The maximum absolute atomic E-state index is 12.2. The minimum absolute atomic E-state index is 0.244. The van der Waals surface area contributed by atoms with Crippen molar-refractivity contribution in [1.82, 2.24) is 15.3 Å². The van der Waals surface area contributed by atoms with Crippen LogP contribution >= 0.6 is 11.8 Å². The molecule has 0 aliphatic heterocycles. The zero-order chi connectivity index (χ0) is 15.3. The summed E-state index contributed by atoms with van der Waals surface area (Å²) < 4.78 is 4.81. The molecule has 0 saturated heterocycles. The number of amides is 1. The molecule has 1 amide bonds. The number of hydrogen-bond acceptors (Lipinski definition) is 6. The summed E-state index contributed by atoms with van der Waals surface area (Å²) in [4.78, 5) is 41.1. The van der Waals surface area contributed by atoms with Gasteiger partial charge >= 0.3 is 11.7 Å². The van der Waals surface area contributed by atoms with Gasteiger partial charge in [-0.1, -0.05) is 0 Å². The molecule has 110 valence electrons. The van der Waals surface area contributed by atoms with Crippen molar-refractivity contribution >= 4 is 23.6 Å². The number of carbonyl (C=O) groups is 2. The standard InChI is InChI=1S/C12H17N3O4S/c1-5-19-11(17)7(3)13-9(16)8-6(2)14-12(18)15-10(8)20-4/h7H,5H2,1-4H3,(H,13,16)(H,14,15,18). The zero-order valence-corrected chi connectivity index (χ0v) is 12.6. The van der Waals surface area contributed by atoms with Crippen LogP contribution in [-0.4, -0.2) is 40.7 Å². The van der Waals surface area contributed by atoms with Crippen molar-refractivity contribution in [3.63, 3.8) is 0 Å². The Balaban J connectivity index is 2.98. The van der Waals surface area contributed by atoms with E-state index in [1.807, 2.05) is 0 Å². The van der Waals surface area contributed by atoms with E-state index in [2.05, 4.69) is 15.3 Å². The minimum atomic E-state index is -0.775. The monoisotopic (exact) mass is 299 g/mol. The van der Waals surface area contributed by atoms with Crippen LogP contribution in [0.5, 0.6) is 0 Å². The average Bonchev–Trinajstić information content (AvgIpc) is 2.37. The lowest BCUT2D eigenvalue weighted by Crippen LogP contribution is -2.40. The van der Waals surface area contributed by atoms with E-state index in [4.69, 9.17) is 4.74 Å². The van der Waals surface area contributed by atoms with Crippen LogP contribution in [0.2, 0.25) is 0 Å². The zero-order valence-electron chi connectivity index (χ0n) is 11.8. The normalized spacial score (nSPS) is 11.8. The van der Waals surface area contributed by atoms with Crippen molar-refractivity contribution in [2.45, 2.75) is 31.8 Å². The van der Waals surface area contributed by atoms with Crippen LogP contribution in [0.3, 0.4) is 0 Å². The maximum Gasteiger partial charge on any atom is 0.346 e. The van der Waals surface area contributed by atoms with Crippen molar-refractivity contribution < 1.29 is 14.3 Å². The number of ether oxygens (including phenoxy) is 1. The molecule has 0 aliphatic carbocycles.